The van der Waals surface area contributed by atoms with Crippen LogP contribution in [0, 0.1) is 0 Å². The number of hydrogen-bond acceptors (Lipinski definition) is 6. The summed E-state index contributed by atoms with van der Waals surface area (Å²) in [4.78, 5) is 12.7. The number of carbonyl (C=O) groups excluding carboxylic acids is 1. The number of benzene rings is 2. The first-order valence-electron chi connectivity index (χ1n) is 8.39. The Morgan fingerprint density at radius 3 is 2.00 bits per heavy atom. The molecule has 0 aliphatic carbocycles. The van der Waals surface area contributed by atoms with Gasteiger partial charge in [0.2, 0.25) is 0 Å². The number of aromatic hydroxyl groups is 1. The molecule has 0 radical (unpaired) electrons. The second-order valence-electron chi connectivity index (χ2n) is 7.58. The number of ketones is 1. The van der Waals surface area contributed by atoms with Gasteiger partial charge in [-0.3, -0.25) is 4.79 Å². The van der Waals surface area contributed by atoms with Crippen molar-refractivity contribution in [3.8, 4) is 5.75 Å². The molecule has 136 valence electrons. The molecule has 1 heterocycles. The molecule has 0 saturated carbocycles. The van der Waals surface area contributed by atoms with Crippen molar-refractivity contribution in [3.63, 3.8) is 0 Å². The minimum atomic E-state index is -0.613. The lowest BCUT2D eigenvalue weighted by molar-refractivity contribution is 0.00578. The Labute approximate surface area is 153 Å². The molecule has 3 rings (SSSR count). The van der Waals surface area contributed by atoms with Crippen LogP contribution < -0.4 is 16.9 Å². The number of rotatable bonds is 3. The predicted molar refractivity (Wildman–Crippen MR) is 103 cm³/mol. The van der Waals surface area contributed by atoms with Gasteiger partial charge in [0.25, 0.3) is 0 Å². The fraction of sp³-hybridized carbons (Fsp3) is 0.316. The maximum atomic E-state index is 12.7. The molecule has 26 heavy (non-hydrogen) atoms. The summed E-state index contributed by atoms with van der Waals surface area (Å²) in [5.41, 5.74) is 12.4. The first kappa shape index (κ1) is 18.3. The van der Waals surface area contributed by atoms with E-state index in [4.69, 9.17) is 20.8 Å². The van der Waals surface area contributed by atoms with Gasteiger partial charge in [0.15, 0.2) is 5.78 Å². The van der Waals surface area contributed by atoms with E-state index >= 15 is 0 Å². The molecule has 0 aromatic heterocycles. The first-order chi connectivity index (χ1) is 12.0. The van der Waals surface area contributed by atoms with Crippen molar-refractivity contribution in [1.82, 2.24) is 0 Å². The summed E-state index contributed by atoms with van der Waals surface area (Å²) in [6.45, 7) is 7.81. The van der Waals surface area contributed by atoms with Crippen LogP contribution in [0.5, 0.6) is 5.75 Å². The van der Waals surface area contributed by atoms with Gasteiger partial charge in [0.1, 0.15) is 5.75 Å². The van der Waals surface area contributed by atoms with Crippen LogP contribution in [-0.2, 0) is 9.31 Å². The molecule has 7 heteroatoms. The Bertz CT molecular complexity index is 844. The maximum absolute atomic E-state index is 12.7. The summed E-state index contributed by atoms with van der Waals surface area (Å²) in [6, 6.07) is 9.38. The molecular weight excluding hydrogens is 331 g/mol. The number of carbonyl (C=O) groups is 1. The van der Waals surface area contributed by atoms with Gasteiger partial charge in [-0.25, -0.2) is 0 Å². The lowest BCUT2D eigenvalue weighted by Crippen LogP contribution is -2.41. The van der Waals surface area contributed by atoms with Crippen molar-refractivity contribution in [3.05, 3.63) is 47.5 Å². The van der Waals surface area contributed by atoms with Crippen LogP contribution in [0.25, 0.3) is 0 Å². The fourth-order valence-corrected chi connectivity index (χ4v) is 2.83. The van der Waals surface area contributed by atoms with Gasteiger partial charge < -0.3 is 25.9 Å². The Morgan fingerprint density at radius 2 is 1.50 bits per heavy atom. The van der Waals surface area contributed by atoms with Crippen LogP contribution in [0.1, 0.15) is 43.6 Å². The lowest BCUT2D eigenvalue weighted by atomic mass is 9.78. The van der Waals surface area contributed by atoms with E-state index in [1.165, 1.54) is 18.2 Å². The minimum absolute atomic E-state index is 0.150. The topological polar surface area (TPSA) is 108 Å². The summed E-state index contributed by atoms with van der Waals surface area (Å²) in [5.74, 6) is -0.509. The number of phenols is 1. The van der Waals surface area contributed by atoms with E-state index in [2.05, 4.69) is 0 Å². The van der Waals surface area contributed by atoms with Gasteiger partial charge in [-0.05, 0) is 63.5 Å². The summed E-state index contributed by atoms with van der Waals surface area (Å²) in [6.07, 6.45) is 0. The lowest BCUT2D eigenvalue weighted by Gasteiger charge is -2.32. The molecule has 0 spiro atoms. The summed E-state index contributed by atoms with van der Waals surface area (Å²) >= 11 is 0. The highest BCUT2D eigenvalue weighted by molar-refractivity contribution is 6.62. The Balaban J connectivity index is 1.90. The number of hydrogen-bond donors (Lipinski definition) is 3. The average Bonchev–Trinajstić information content (AvgIpc) is 2.73. The highest BCUT2D eigenvalue weighted by atomic mass is 16.7. The van der Waals surface area contributed by atoms with Gasteiger partial charge in [0, 0.05) is 16.9 Å². The zero-order valence-electron chi connectivity index (χ0n) is 15.4. The molecular formula is C19H23BN2O4. The average molecular weight is 354 g/mol. The molecule has 6 nitrogen and oxygen atoms in total. The van der Waals surface area contributed by atoms with Crippen LogP contribution in [0.15, 0.2) is 36.4 Å². The first-order valence-corrected chi connectivity index (χ1v) is 8.39. The van der Waals surface area contributed by atoms with Crippen LogP contribution in [0.4, 0.5) is 11.4 Å². The summed E-state index contributed by atoms with van der Waals surface area (Å²) < 4.78 is 11.9. The number of anilines is 2. The minimum Gasteiger partial charge on any atom is -0.507 e. The molecule has 2 aromatic rings. The molecule has 1 fully saturated rings. The van der Waals surface area contributed by atoms with Crippen molar-refractivity contribution in [1.29, 1.82) is 0 Å². The monoisotopic (exact) mass is 354 g/mol. The quantitative estimate of drug-likeness (QED) is 0.443. The van der Waals surface area contributed by atoms with Gasteiger partial charge in [-0.2, -0.15) is 0 Å². The molecule has 0 bridgehead atoms. The van der Waals surface area contributed by atoms with Crippen LogP contribution in [0.2, 0.25) is 0 Å². The Morgan fingerprint density at radius 1 is 0.962 bits per heavy atom. The van der Waals surface area contributed by atoms with Gasteiger partial charge in [0.05, 0.1) is 16.8 Å². The third kappa shape index (κ3) is 3.16. The Kier molecular flexibility index (Phi) is 4.25. The number of phenolic OH excluding ortho intramolecular Hbond substituents is 1. The molecule has 5 N–H and O–H groups in total. The normalized spacial score (nSPS) is 18.1. The van der Waals surface area contributed by atoms with Crippen molar-refractivity contribution in [2.45, 2.75) is 38.9 Å². The highest BCUT2D eigenvalue weighted by Gasteiger charge is 2.51. The van der Waals surface area contributed by atoms with Gasteiger partial charge >= 0.3 is 7.12 Å². The SMILES string of the molecule is CC1(C)OB(c2ccc(C(=O)c3cc(N)cc(N)c3)c(O)c2)OC1(C)C. The van der Waals surface area contributed by atoms with E-state index in [1.54, 1.807) is 18.2 Å². The summed E-state index contributed by atoms with van der Waals surface area (Å²) in [5, 5.41) is 10.4. The predicted octanol–water partition coefficient (Wildman–Crippen LogP) is 2.09. The highest BCUT2D eigenvalue weighted by Crippen LogP contribution is 2.36. The van der Waals surface area contributed by atoms with Crippen LogP contribution in [-0.4, -0.2) is 29.2 Å². The third-order valence-electron chi connectivity index (χ3n) is 5.03. The second kappa shape index (κ2) is 6.04. The van der Waals surface area contributed by atoms with Gasteiger partial charge in [-0.15, -0.1) is 0 Å². The van der Waals surface area contributed by atoms with Crippen LogP contribution in [0.3, 0.4) is 0 Å². The molecule has 1 saturated heterocycles. The van der Waals surface area contributed by atoms with E-state index in [9.17, 15) is 9.90 Å². The van der Waals surface area contributed by atoms with E-state index in [0.29, 0.717) is 22.4 Å². The van der Waals surface area contributed by atoms with Crippen molar-refractivity contribution in [2.75, 3.05) is 11.5 Å². The summed E-state index contributed by atoms with van der Waals surface area (Å²) in [7, 11) is -0.613. The van der Waals surface area contributed by atoms with Crippen LogP contribution >= 0.6 is 0 Å². The van der Waals surface area contributed by atoms with E-state index in [-0.39, 0.29) is 17.1 Å². The van der Waals surface area contributed by atoms with Crippen molar-refractivity contribution < 1.29 is 19.2 Å². The largest absolute Gasteiger partial charge is 0.507 e. The molecule has 0 amide bonds. The Hall–Kier alpha value is -2.51. The zero-order chi connectivity index (χ0) is 19.3. The number of nitrogen functional groups attached to an aromatic ring is 2. The fourth-order valence-electron chi connectivity index (χ4n) is 2.83. The molecule has 2 aromatic carbocycles. The molecule has 0 atom stereocenters. The standard InChI is InChI=1S/C19H23BN2O4/c1-18(2)19(3,4)26-20(25-18)12-5-6-15(16(23)9-12)17(24)11-7-13(21)10-14(22)8-11/h5-10,23H,21-22H2,1-4H3. The van der Waals surface area contributed by atoms with E-state index < -0.39 is 18.3 Å². The van der Waals surface area contributed by atoms with E-state index in [1.807, 2.05) is 27.7 Å². The number of nitrogens with two attached hydrogens (primary N) is 2. The van der Waals surface area contributed by atoms with E-state index in [0.717, 1.165) is 0 Å². The maximum Gasteiger partial charge on any atom is 0.494 e. The molecule has 0 unspecified atom stereocenters. The van der Waals surface area contributed by atoms with Crippen molar-refractivity contribution in [2.24, 2.45) is 0 Å². The zero-order valence-corrected chi connectivity index (χ0v) is 15.4. The molecule has 1 aliphatic heterocycles. The van der Waals surface area contributed by atoms with Gasteiger partial charge in [-0.1, -0.05) is 6.07 Å². The second-order valence-corrected chi connectivity index (χ2v) is 7.58. The molecule has 1 aliphatic rings. The third-order valence-corrected chi connectivity index (χ3v) is 5.03. The smallest absolute Gasteiger partial charge is 0.494 e. The van der Waals surface area contributed by atoms with Crippen molar-refractivity contribution >= 4 is 29.7 Å².